The first-order valence-electron chi connectivity index (χ1n) is 8.12. The molecule has 0 bridgehead atoms. The van der Waals surface area contributed by atoms with E-state index >= 15 is 0 Å². The van der Waals surface area contributed by atoms with Crippen molar-refractivity contribution in [2.75, 3.05) is 0 Å². The summed E-state index contributed by atoms with van der Waals surface area (Å²) >= 11 is 0. The molecule has 0 saturated heterocycles. The summed E-state index contributed by atoms with van der Waals surface area (Å²) in [5.41, 5.74) is 2.17. The zero-order valence-corrected chi connectivity index (χ0v) is 13.5. The fourth-order valence-electron chi connectivity index (χ4n) is 3.03. The number of nitrogens with zero attached hydrogens (tertiary/aromatic N) is 1. The number of rotatable bonds is 5. The molecule has 0 aromatic heterocycles. The van der Waals surface area contributed by atoms with Crippen molar-refractivity contribution < 1.29 is 9.59 Å². The monoisotopic (exact) mass is 299 g/mol. The minimum Gasteiger partial charge on any atom is -0.315 e. The van der Waals surface area contributed by atoms with Crippen LogP contribution in [-0.2, 0) is 9.59 Å². The molecular formula is C19H25NO2. The standard InChI is InChI=1S/C19H25NO2/c1-15(17-9-5-3-6-10-17)14-20(19(22)13-16(2)21)18-11-7-4-8-12-18/h3,5-6,9-10,14,18H,4,7-8,11-13H2,1-2H3/b15-14+. The molecule has 1 amide bonds. The lowest BCUT2D eigenvalue weighted by molar-refractivity contribution is -0.134. The first-order chi connectivity index (χ1) is 10.6. The molecule has 0 aliphatic heterocycles. The maximum Gasteiger partial charge on any atom is 0.234 e. The molecule has 1 aromatic rings. The number of hydrogen-bond donors (Lipinski definition) is 0. The number of benzene rings is 1. The Bertz CT molecular complexity index is 542. The fraction of sp³-hybridized carbons (Fsp3) is 0.474. The van der Waals surface area contributed by atoms with E-state index in [-0.39, 0.29) is 24.2 Å². The van der Waals surface area contributed by atoms with Crippen molar-refractivity contribution in [2.24, 2.45) is 0 Å². The largest absolute Gasteiger partial charge is 0.315 e. The highest BCUT2D eigenvalue weighted by molar-refractivity contribution is 5.97. The molecule has 2 rings (SSSR count). The number of carbonyl (C=O) groups excluding carboxylic acids is 2. The minimum atomic E-state index is -0.0744. The highest BCUT2D eigenvalue weighted by atomic mass is 16.2. The maximum absolute atomic E-state index is 12.5. The number of carbonyl (C=O) groups is 2. The summed E-state index contributed by atoms with van der Waals surface area (Å²) in [6, 6.07) is 10.3. The second-order valence-electron chi connectivity index (χ2n) is 6.15. The molecule has 1 aliphatic rings. The van der Waals surface area contributed by atoms with Crippen LogP contribution >= 0.6 is 0 Å². The Morgan fingerprint density at radius 2 is 1.73 bits per heavy atom. The van der Waals surface area contributed by atoms with Crippen molar-refractivity contribution in [3.8, 4) is 0 Å². The van der Waals surface area contributed by atoms with Crippen LogP contribution in [0.5, 0.6) is 0 Å². The predicted octanol–water partition coefficient (Wildman–Crippen LogP) is 4.19. The third kappa shape index (κ3) is 4.55. The summed E-state index contributed by atoms with van der Waals surface area (Å²) in [4.78, 5) is 25.6. The Kier molecular flexibility index (Phi) is 5.93. The van der Waals surface area contributed by atoms with Gasteiger partial charge in [-0.05, 0) is 37.8 Å². The lowest BCUT2D eigenvalue weighted by Gasteiger charge is -2.32. The van der Waals surface area contributed by atoms with Crippen LogP contribution < -0.4 is 0 Å². The van der Waals surface area contributed by atoms with Crippen molar-refractivity contribution in [1.82, 2.24) is 4.90 Å². The quantitative estimate of drug-likeness (QED) is 0.765. The van der Waals surface area contributed by atoms with Crippen molar-refractivity contribution in [1.29, 1.82) is 0 Å². The average molecular weight is 299 g/mol. The van der Waals surface area contributed by atoms with E-state index < -0.39 is 0 Å². The molecule has 1 aromatic carbocycles. The van der Waals surface area contributed by atoms with Crippen molar-refractivity contribution >= 4 is 17.3 Å². The Morgan fingerprint density at radius 1 is 1.09 bits per heavy atom. The molecule has 22 heavy (non-hydrogen) atoms. The predicted molar refractivity (Wildman–Crippen MR) is 89.1 cm³/mol. The molecule has 0 atom stereocenters. The molecule has 0 spiro atoms. The summed E-state index contributed by atoms with van der Waals surface area (Å²) in [6.07, 6.45) is 7.56. The maximum atomic E-state index is 12.5. The molecule has 0 heterocycles. The van der Waals surface area contributed by atoms with Gasteiger partial charge in [0.25, 0.3) is 0 Å². The Labute approximate surface area is 133 Å². The van der Waals surface area contributed by atoms with Gasteiger partial charge in [0.15, 0.2) is 0 Å². The number of ketones is 1. The van der Waals surface area contributed by atoms with E-state index in [1.807, 2.05) is 48.4 Å². The van der Waals surface area contributed by atoms with Gasteiger partial charge in [0, 0.05) is 12.2 Å². The highest BCUT2D eigenvalue weighted by Gasteiger charge is 2.24. The Morgan fingerprint density at radius 3 is 2.32 bits per heavy atom. The molecule has 1 fully saturated rings. The van der Waals surface area contributed by atoms with Gasteiger partial charge < -0.3 is 4.90 Å². The molecule has 0 unspecified atom stereocenters. The summed E-state index contributed by atoms with van der Waals surface area (Å²) in [5, 5.41) is 0. The topological polar surface area (TPSA) is 37.4 Å². The van der Waals surface area contributed by atoms with Crippen LogP contribution in [0.1, 0.15) is 57.9 Å². The molecule has 1 aliphatic carbocycles. The lowest BCUT2D eigenvalue weighted by atomic mass is 9.93. The Hall–Kier alpha value is -1.90. The van der Waals surface area contributed by atoms with E-state index in [1.165, 1.54) is 13.3 Å². The van der Waals surface area contributed by atoms with Gasteiger partial charge in [0.2, 0.25) is 5.91 Å². The van der Waals surface area contributed by atoms with Gasteiger partial charge in [-0.3, -0.25) is 9.59 Å². The number of amides is 1. The molecule has 3 heteroatoms. The number of allylic oxidation sites excluding steroid dienone is 1. The van der Waals surface area contributed by atoms with Gasteiger partial charge in [-0.15, -0.1) is 0 Å². The van der Waals surface area contributed by atoms with Crippen LogP contribution in [0.2, 0.25) is 0 Å². The molecule has 1 saturated carbocycles. The van der Waals surface area contributed by atoms with Crippen LogP contribution in [0.25, 0.3) is 5.57 Å². The van der Waals surface area contributed by atoms with E-state index in [1.54, 1.807) is 0 Å². The van der Waals surface area contributed by atoms with Crippen LogP contribution in [0.3, 0.4) is 0 Å². The van der Waals surface area contributed by atoms with Gasteiger partial charge >= 0.3 is 0 Å². The molecule has 118 valence electrons. The lowest BCUT2D eigenvalue weighted by Crippen LogP contribution is -2.38. The first kappa shape index (κ1) is 16.5. The van der Waals surface area contributed by atoms with Gasteiger partial charge in [-0.1, -0.05) is 49.6 Å². The molecule has 0 N–H and O–H groups in total. The molecule has 3 nitrogen and oxygen atoms in total. The van der Waals surface area contributed by atoms with E-state index in [2.05, 4.69) is 0 Å². The van der Waals surface area contributed by atoms with E-state index in [9.17, 15) is 9.59 Å². The number of Topliss-reactive ketones (excluding diaryl/α,β-unsaturated/α-hetero) is 1. The molecular weight excluding hydrogens is 274 g/mol. The van der Waals surface area contributed by atoms with Gasteiger partial charge in [-0.2, -0.15) is 0 Å². The average Bonchev–Trinajstić information content (AvgIpc) is 2.53. The first-order valence-corrected chi connectivity index (χ1v) is 8.12. The second kappa shape index (κ2) is 7.92. The smallest absolute Gasteiger partial charge is 0.234 e. The Balaban J connectivity index is 2.23. The summed E-state index contributed by atoms with van der Waals surface area (Å²) in [6.45, 7) is 3.50. The SMILES string of the molecule is CC(=O)CC(=O)N(/C=C(\C)c1ccccc1)C1CCCCC1. The van der Waals surface area contributed by atoms with E-state index in [0.29, 0.717) is 0 Å². The highest BCUT2D eigenvalue weighted by Crippen LogP contribution is 2.25. The zero-order valence-electron chi connectivity index (χ0n) is 13.5. The van der Waals surface area contributed by atoms with Crippen LogP contribution in [0.15, 0.2) is 36.5 Å². The van der Waals surface area contributed by atoms with Crippen molar-refractivity contribution in [3.63, 3.8) is 0 Å². The summed E-state index contributed by atoms with van der Waals surface area (Å²) < 4.78 is 0. The summed E-state index contributed by atoms with van der Waals surface area (Å²) in [7, 11) is 0. The minimum absolute atomic E-state index is 0.00489. The van der Waals surface area contributed by atoms with E-state index in [4.69, 9.17) is 0 Å². The zero-order chi connectivity index (χ0) is 15.9. The third-order valence-electron chi connectivity index (χ3n) is 4.22. The summed E-state index contributed by atoms with van der Waals surface area (Å²) in [5.74, 6) is -0.147. The third-order valence-corrected chi connectivity index (χ3v) is 4.22. The van der Waals surface area contributed by atoms with Crippen LogP contribution in [0, 0.1) is 0 Å². The van der Waals surface area contributed by atoms with Crippen molar-refractivity contribution in [3.05, 3.63) is 42.1 Å². The van der Waals surface area contributed by atoms with Crippen LogP contribution in [-0.4, -0.2) is 22.6 Å². The van der Waals surface area contributed by atoms with Crippen molar-refractivity contribution in [2.45, 2.75) is 58.4 Å². The fourth-order valence-corrected chi connectivity index (χ4v) is 3.03. The second-order valence-corrected chi connectivity index (χ2v) is 6.15. The number of hydrogen-bond acceptors (Lipinski definition) is 2. The van der Waals surface area contributed by atoms with Gasteiger partial charge in [0.05, 0.1) is 6.42 Å². The van der Waals surface area contributed by atoms with E-state index in [0.717, 1.165) is 36.8 Å². The normalized spacial score (nSPS) is 16.4. The van der Waals surface area contributed by atoms with Crippen LogP contribution in [0.4, 0.5) is 0 Å². The molecule has 0 radical (unpaired) electrons. The van der Waals surface area contributed by atoms with Gasteiger partial charge in [0.1, 0.15) is 5.78 Å². The van der Waals surface area contributed by atoms with Gasteiger partial charge in [-0.25, -0.2) is 0 Å².